The number of nitrogens with zero attached hydrogens (tertiary/aromatic N) is 1. The summed E-state index contributed by atoms with van der Waals surface area (Å²) in [7, 11) is 1.73. The maximum atomic E-state index is 13.9. The summed E-state index contributed by atoms with van der Waals surface area (Å²) in [6, 6.07) is 4.61. The zero-order valence-electron chi connectivity index (χ0n) is 14.0. The third-order valence-corrected chi connectivity index (χ3v) is 6.01. The van der Waals surface area contributed by atoms with E-state index in [0.29, 0.717) is 13.0 Å². The van der Waals surface area contributed by atoms with E-state index in [2.05, 4.69) is 0 Å². The number of carbonyl (C=O) groups is 2. The standard InChI is InChI=1S/C18H21FN2O3/c1-3-24-16(22)12-10-18(21-8-4-5-14(12)21)13-9-11(19)6-7-15(13)20(2)17(18)23/h6-7,9,12,14H,3-5,8,10H2,1-2H3/p+1/t12-,14-,18-/m1/s1. The van der Waals surface area contributed by atoms with E-state index >= 15 is 0 Å². The van der Waals surface area contributed by atoms with Gasteiger partial charge in [0.05, 0.1) is 18.8 Å². The Morgan fingerprint density at radius 1 is 1.50 bits per heavy atom. The summed E-state index contributed by atoms with van der Waals surface area (Å²) in [5.41, 5.74) is 0.637. The van der Waals surface area contributed by atoms with E-state index in [4.69, 9.17) is 4.74 Å². The number of nitrogens with one attached hydrogen (secondary N) is 1. The molecule has 3 aliphatic rings. The van der Waals surface area contributed by atoms with Gasteiger partial charge in [0.15, 0.2) is 0 Å². The summed E-state index contributed by atoms with van der Waals surface area (Å²) >= 11 is 0. The lowest BCUT2D eigenvalue weighted by Gasteiger charge is -2.30. The van der Waals surface area contributed by atoms with Gasteiger partial charge in [-0.25, -0.2) is 4.39 Å². The average Bonchev–Trinajstić information content (AvgIpc) is 3.19. The van der Waals surface area contributed by atoms with Gasteiger partial charge in [-0.3, -0.25) is 9.59 Å². The van der Waals surface area contributed by atoms with Crippen molar-refractivity contribution in [1.82, 2.24) is 0 Å². The molecule has 1 amide bonds. The fourth-order valence-electron chi connectivity index (χ4n) is 5.11. The Bertz CT molecular complexity index is 722. The number of rotatable bonds is 2. The first-order valence-electron chi connectivity index (χ1n) is 8.61. The van der Waals surface area contributed by atoms with Crippen molar-refractivity contribution >= 4 is 17.6 Å². The van der Waals surface area contributed by atoms with Gasteiger partial charge in [-0.05, 0) is 25.1 Å². The lowest BCUT2D eigenvalue weighted by molar-refractivity contribution is -0.947. The van der Waals surface area contributed by atoms with Gasteiger partial charge in [0.1, 0.15) is 17.8 Å². The number of hydrogen-bond acceptors (Lipinski definition) is 3. The Labute approximate surface area is 140 Å². The Morgan fingerprint density at radius 2 is 2.29 bits per heavy atom. The molecular formula is C18H22FN2O3+. The van der Waals surface area contributed by atoms with Gasteiger partial charge in [0.2, 0.25) is 5.54 Å². The van der Waals surface area contributed by atoms with Crippen LogP contribution in [0.25, 0.3) is 0 Å². The fraction of sp³-hybridized carbons (Fsp3) is 0.556. The van der Waals surface area contributed by atoms with Crippen LogP contribution in [0.5, 0.6) is 0 Å². The number of halogens is 1. The van der Waals surface area contributed by atoms with Crippen LogP contribution in [0.2, 0.25) is 0 Å². The lowest BCUT2D eigenvalue weighted by atomic mass is 9.84. The summed E-state index contributed by atoms with van der Waals surface area (Å²) in [6.45, 7) is 2.96. The van der Waals surface area contributed by atoms with Crippen molar-refractivity contribution in [3.8, 4) is 0 Å². The Morgan fingerprint density at radius 3 is 3.04 bits per heavy atom. The molecule has 6 heteroatoms. The van der Waals surface area contributed by atoms with Gasteiger partial charge in [-0.1, -0.05) is 0 Å². The zero-order valence-corrected chi connectivity index (χ0v) is 14.0. The van der Waals surface area contributed by atoms with Crippen LogP contribution in [0.4, 0.5) is 10.1 Å². The molecule has 3 aliphatic heterocycles. The molecule has 2 saturated heterocycles. The second-order valence-electron chi connectivity index (χ2n) is 7.02. The molecule has 1 unspecified atom stereocenters. The number of amides is 1. The number of hydrogen-bond donors (Lipinski definition) is 1. The average molecular weight is 333 g/mol. The lowest BCUT2D eigenvalue weighted by Crippen LogP contribution is -3.19. The molecule has 0 aromatic heterocycles. The van der Waals surface area contributed by atoms with Crippen LogP contribution < -0.4 is 9.80 Å². The summed E-state index contributed by atoms with van der Waals surface area (Å²) in [6.07, 6.45) is 2.28. The van der Waals surface area contributed by atoms with Gasteiger partial charge in [-0.15, -0.1) is 0 Å². The minimum atomic E-state index is -0.842. The highest BCUT2D eigenvalue weighted by Crippen LogP contribution is 2.46. The quantitative estimate of drug-likeness (QED) is 0.808. The van der Waals surface area contributed by atoms with Gasteiger partial charge in [-0.2, -0.15) is 0 Å². The molecule has 0 aliphatic carbocycles. The van der Waals surface area contributed by atoms with Crippen LogP contribution in [0, 0.1) is 11.7 Å². The molecule has 0 bridgehead atoms. The summed E-state index contributed by atoms with van der Waals surface area (Å²) < 4.78 is 19.2. The first-order chi connectivity index (χ1) is 11.5. The number of likely N-dealkylation sites (N-methyl/N-ethyl adjacent to an activating group) is 1. The van der Waals surface area contributed by atoms with Gasteiger partial charge < -0.3 is 14.5 Å². The Kier molecular flexibility index (Phi) is 3.42. The molecule has 2 fully saturated rings. The Hall–Kier alpha value is -1.95. The van der Waals surface area contributed by atoms with Crippen molar-refractivity contribution in [3.63, 3.8) is 0 Å². The van der Waals surface area contributed by atoms with Crippen molar-refractivity contribution in [1.29, 1.82) is 0 Å². The van der Waals surface area contributed by atoms with Crippen molar-refractivity contribution in [2.75, 3.05) is 25.1 Å². The predicted molar refractivity (Wildman–Crippen MR) is 85.1 cm³/mol. The molecule has 0 saturated carbocycles. The van der Waals surface area contributed by atoms with Crippen LogP contribution >= 0.6 is 0 Å². The predicted octanol–water partition coefficient (Wildman–Crippen LogP) is 0.628. The molecule has 0 radical (unpaired) electrons. The number of ether oxygens (including phenoxy) is 1. The number of carbonyl (C=O) groups excluding carboxylic acids is 2. The number of esters is 1. The van der Waals surface area contributed by atoms with Crippen LogP contribution in [0.3, 0.4) is 0 Å². The molecule has 3 heterocycles. The molecule has 24 heavy (non-hydrogen) atoms. The zero-order chi connectivity index (χ0) is 17.1. The molecule has 1 N–H and O–H groups in total. The van der Waals surface area contributed by atoms with E-state index in [1.807, 2.05) is 0 Å². The number of benzene rings is 1. The second kappa shape index (κ2) is 5.28. The van der Waals surface area contributed by atoms with E-state index in [1.54, 1.807) is 24.9 Å². The Balaban J connectivity index is 1.84. The van der Waals surface area contributed by atoms with E-state index in [9.17, 15) is 14.0 Å². The van der Waals surface area contributed by atoms with Gasteiger partial charge in [0.25, 0.3) is 5.91 Å². The second-order valence-corrected chi connectivity index (χ2v) is 7.02. The maximum absolute atomic E-state index is 13.9. The van der Waals surface area contributed by atoms with Crippen LogP contribution in [-0.4, -0.2) is 38.1 Å². The first-order valence-corrected chi connectivity index (χ1v) is 8.61. The van der Waals surface area contributed by atoms with Gasteiger partial charge in [0, 0.05) is 31.9 Å². The SMILES string of the molecule is CCOC(=O)[C@@H]1C[C@@]2(C(=O)N(C)c3ccc(F)cc32)[NH+]2CCC[C@H]12. The van der Waals surface area contributed by atoms with Gasteiger partial charge >= 0.3 is 5.97 Å². The summed E-state index contributed by atoms with van der Waals surface area (Å²) in [4.78, 5) is 28.4. The van der Waals surface area contributed by atoms with Crippen molar-refractivity contribution < 1.29 is 23.6 Å². The molecular weight excluding hydrogens is 311 g/mol. The highest BCUT2D eigenvalue weighted by atomic mass is 19.1. The number of anilines is 1. The van der Waals surface area contributed by atoms with E-state index in [-0.39, 0.29) is 29.7 Å². The topological polar surface area (TPSA) is 51.1 Å². The van der Waals surface area contributed by atoms with E-state index < -0.39 is 5.54 Å². The third-order valence-electron chi connectivity index (χ3n) is 6.01. The van der Waals surface area contributed by atoms with Crippen molar-refractivity contribution in [2.24, 2.45) is 5.92 Å². The molecule has 5 nitrogen and oxygen atoms in total. The largest absolute Gasteiger partial charge is 0.466 e. The van der Waals surface area contributed by atoms with E-state index in [0.717, 1.165) is 35.5 Å². The van der Waals surface area contributed by atoms with Crippen molar-refractivity contribution in [2.45, 2.75) is 37.8 Å². The van der Waals surface area contributed by atoms with E-state index in [1.165, 1.54) is 12.1 Å². The minimum Gasteiger partial charge on any atom is -0.466 e. The normalized spacial score (nSPS) is 33.9. The number of quaternary nitrogens is 1. The molecule has 1 aromatic carbocycles. The highest BCUT2D eigenvalue weighted by Gasteiger charge is 2.68. The smallest absolute Gasteiger partial charge is 0.315 e. The summed E-state index contributed by atoms with van der Waals surface area (Å²) in [5.74, 6) is -0.893. The van der Waals surface area contributed by atoms with Crippen LogP contribution in [0.15, 0.2) is 18.2 Å². The fourth-order valence-corrected chi connectivity index (χ4v) is 5.11. The molecule has 128 valence electrons. The molecule has 1 aromatic rings. The monoisotopic (exact) mass is 333 g/mol. The van der Waals surface area contributed by atoms with Crippen molar-refractivity contribution in [3.05, 3.63) is 29.6 Å². The minimum absolute atomic E-state index is 0.0307. The third kappa shape index (κ3) is 1.83. The van der Waals surface area contributed by atoms with Crippen LogP contribution in [0.1, 0.15) is 31.7 Å². The number of fused-ring (bicyclic) bond motifs is 4. The summed E-state index contributed by atoms with van der Waals surface area (Å²) in [5, 5.41) is 0. The molecule has 1 spiro atoms. The maximum Gasteiger partial charge on any atom is 0.315 e. The molecule has 4 atom stereocenters. The highest BCUT2D eigenvalue weighted by molar-refractivity contribution is 6.06. The first kappa shape index (κ1) is 15.6. The molecule has 4 rings (SSSR count). The van der Waals surface area contributed by atoms with Crippen LogP contribution in [-0.2, 0) is 19.9 Å².